The van der Waals surface area contributed by atoms with Crippen molar-refractivity contribution in [3.8, 4) is 0 Å². The number of hydrogen-bond donors (Lipinski definition) is 0. The lowest BCUT2D eigenvalue weighted by Gasteiger charge is -2.59. The average molecular weight is 357 g/mol. The molecule has 0 amide bonds. The smallest absolute Gasteiger partial charge is 0.303 e. The van der Waals surface area contributed by atoms with Crippen molar-refractivity contribution in [2.45, 2.75) is 78.2 Å². The SMILES string of the molecule is C=C1C[C@]2(C)C(=CC1=O)CC[C@H]1[C@H]2CC[C@@]2(C)[C@H]1CC[C@]2(C)OC(C)=O. The summed E-state index contributed by atoms with van der Waals surface area (Å²) in [6.45, 7) is 12.5. The second kappa shape index (κ2) is 5.56. The van der Waals surface area contributed by atoms with Gasteiger partial charge in [0.15, 0.2) is 5.78 Å². The zero-order chi connectivity index (χ0) is 18.9. The summed E-state index contributed by atoms with van der Waals surface area (Å²) >= 11 is 0. The second-order valence-electron chi connectivity index (χ2n) is 9.97. The first-order chi connectivity index (χ1) is 12.1. The molecule has 0 spiro atoms. The Balaban J connectivity index is 1.67. The van der Waals surface area contributed by atoms with Crippen LogP contribution in [-0.2, 0) is 14.3 Å². The molecule has 0 N–H and O–H groups in total. The third kappa shape index (κ3) is 2.25. The molecule has 0 aromatic carbocycles. The molecular formula is C23H32O3. The summed E-state index contributed by atoms with van der Waals surface area (Å²) in [7, 11) is 0. The fourth-order valence-corrected chi connectivity index (χ4v) is 7.31. The number of hydrogen-bond acceptors (Lipinski definition) is 3. The summed E-state index contributed by atoms with van der Waals surface area (Å²) in [5.41, 5.74) is 1.97. The summed E-state index contributed by atoms with van der Waals surface area (Å²) in [5, 5.41) is 0. The molecule has 3 fully saturated rings. The molecule has 6 atom stereocenters. The molecule has 142 valence electrons. The van der Waals surface area contributed by atoms with Gasteiger partial charge in [-0.2, -0.15) is 0 Å². The van der Waals surface area contributed by atoms with Crippen LogP contribution in [0.5, 0.6) is 0 Å². The first-order valence-electron chi connectivity index (χ1n) is 10.2. The highest BCUT2D eigenvalue weighted by Gasteiger charge is 2.64. The van der Waals surface area contributed by atoms with E-state index in [1.807, 2.05) is 6.08 Å². The molecular weight excluding hydrogens is 324 g/mol. The largest absolute Gasteiger partial charge is 0.459 e. The maximum absolute atomic E-state index is 12.1. The molecule has 0 bridgehead atoms. The molecule has 0 aromatic heterocycles. The van der Waals surface area contributed by atoms with Crippen LogP contribution >= 0.6 is 0 Å². The van der Waals surface area contributed by atoms with E-state index in [1.165, 1.54) is 18.9 Å². The van der Waals surface area contributed by atoms with E-state index in [9.17, 15) is 9.59 Å². The number of allylic oxidation sites excluding steroid dienone is 2. The molecule has 3 heteroatoms. The van der Waals surface area contributed by atoms with Crippen LogP contribution in [0.3, 0.4) is 0 Å². The number of carbonyl (C=O) groups is 2. The lowest BCUT2D eigenvalue weighted by molar-refractivity contribution is -0.177. The van der Waals surface area contributed by atoms with Crippen molar-refractivity contribution in [1.82, 2.24) is 0 Å². The van der Waals surface area contributed by atoms with Gasteiger partial charge in [0.1, 0.15) is 5.60 Å². The average Bonchev–Trinajstić information content (AvgIpc) is 2.80. The van der Waals surface area contributed by atoms with Gasteiger partial charge in [-0.05, 0) is 86.7 Å². The fraction of sp³-hybridized carbons (Fsp3) is 0.739. The number of rotatable bonds is 1. The number of ether oxygens (including phenoxy) is 1. The number of carbonyl (C=O) groups excluding carboxylic acids is 2. The van der Waals surface area contributed by atoms with Crippen molar-refractivity contribution in [3.63, 3.8) is 0 Å². The summed E-state index contributed by atoms with van der Waals surface area (Å²) < 4.78 is 5.90. The van der Waals surface area contributed by atoms with Crippen molar-refractivity contribution < 1.29 is 14.3 Å². The predicted octanol–water partition coefficient (Wildman–Crippen LogP) is 5.01. The van der Waals surface area contributed by atoms with Crippen LogP contribution in [0, 0.1) is 28.6 Å². The van der Waals surface area contributed by atoms with Crippen molar-refractivity contribution >= 4 is 11.8 Å². The van der Waals surface area contributed by atoms with Gasteiger partial charge in [-0.3, -0.25) is 9.59 Å². The van der Waals surface area contributed by atoms with Gasteiger partial charge in [0.2, 0.25) is 0 Å². The zero-order valence-electron chi connectivity index (χ0n) is 16.7. The van der Waals surface area contributed by atoms with E-state index in [-0.39, 0.29) is 28.2 Å². The predicted molar refractivity (Wildman–Crippen MR) is 101 cm³/mol. The molecule has 3 nitrogen and oxygen atoms in total. The summed E-state index contributed by atoms with van der Waals surface area (Å²) in [4.78, 5) is 23.9. The normalized spacial score (nSPS) is 47.5. The quantitative estimate of drug-likeness (QED) is 0.490. The van der Waals surface area contributed by atoms with Gasteiger partial charge in [-0.15, -0.1) is 0 Å². The Kier molecular flexibility index (Phi) is 3.85. The van der Waals surface area contributed by atoms with E-state index in [4.69, 9.17) is 4.74 Å². The molecule has 0 unspecified atom stereocenters. The molecule has 4 rings (SSSR count). The molecule has 0 aromatic rings. The van der Waals surface area contributed by atoms with Crippen LogP contribution in [0.1, 0.15) is 72.6 Å². The molecule has 4 aliphatic rings. The van der Waals surface area contributed by atoms with E-state index in [2.05, 4.69) is 27.4 Å². The van der Waals surface area contributed by atoms with E-state index in [0.29, 0.717) is 17.8 Å². The van der Waals surface area contributed by atoms with Gasteiger partial charge in [0, 0.05) is 12.3 Å². The second-order valence-corrected chi connectivity index (χ2v) is 9.97. The number of fused-ring (bicyclic) bond motifs is 5. The Morgan fingerprint density at radius 3 is 2.54 bits per heavy atom. The fourth-order valence-electron chi connectivity index (χ4n) is 7.31. The lowest BCUT2D eigenvalue weighted by Crippen LogP contribution is -2.55. The van der Waals surface area contributed by atoms with Crippen LogP contribution in [0.4, 0.5) is 0 Å². The third-order valence-electron chi connectivity index (χ3n) is 8.87. The zero-order valence-corrected chi connectivity index (χ0v) is 16.7. The molecule has 0 heterocycles. The number of esters is 1. The van der Waals surface area contributed by atoms with E-state index in [0.717, 1.165) is 44.1 Å². The van der Waals surface area contributed by atoms with Crippen molar-refractivity contribution in [3.05, 3.63) is 23.8 Å². The minimum absolute atomic E-state index is 0.0684. The molecule has 0 radical (unpaired) electrons. The van der Waals surface area contributed by atoms with Gasteiger partial charge < -0.3 is 4.74 Å². The van der Waals surface area contributed by atoms with Crippen LogP contribution in [0.2, 0.25) is 0 Å². The Hall–Kier alpha value is -1.38. The standard InChI is InChI=1S/C23H32O3/c1-14-13-21(3)16(12-20(14)25)6-7-17-18(21)8-10-22(4)19(17)9-11-23(22,5)26-15(2)24/h12,17-19H,1,6-11,13H2,2-5H3/t17-,18+,19-,21+,22-,23-/m0/s1. The van der Waals surface area contributed by atoms with Crippen molar-refractivity contribution in [2.75, 3.05) is 0 Å². The minimum atomic E-state index is -0.336. The summed E-state index contributed by atoms with van der Waals surface area (Å²) in [6.07, 6.45) is 9.31. The highest BCUT2D eigenvalue weighted by Crippen LogP contribution is 2.68. The lowest BCUT2D eigenvalue weighted by atomic mass is 9.46. The number of ketones is 1. The van der Waals surface area contributed by atoms with Gasteiger partial charge in [-0.1, -0.05) is 26.0 Å². The topological polar surface area (TPSA) is 43.4 Å². The third-order valence-corrected chi connectivity index (χ3v) is 8.87. The first kappa shape index (κ1) is 18.0. The Labute approximate surface area is 157 Å². The van der Waals surface area contributed by atoms with Crippen molar-refractivity contribution in [1.29, 1.82) is 0 Å². The van der Waals surface area contributed by atoms with Crippen LogP contribution in [0.25, 0.3) is 0 Å². The van der Waals surface area contributed by atoms with Gasteiger partial charge in [-0.25, -0.2) is 0 Å². The minimum Gasteiger partial charge on any atom is -0.459 e. The van der Waals surface area contributed by atoms with Crippen LogP contribution in [0.15, 0.2) is 23.8 Å². The molecule has 3 saturated carbocycles. The Morgan fingerprint density at radius 2 is 1.85 bits per heavy atom. The maximum atomic E-state index is 12.1. The highest BCUT2D eigenvalue weighted by molar-refractivity contribution is 6.05. The first-order valence-corrected chi connectivity index (χ1v) is 10.2. The maximum Gasteiger partial charge on any atom is 0.303 e. The van der Waals surface area contributed by atoms with Gasteiger partial charge >= 0.3 is 5.97 Å². The van der Waals surface area contributed by atoms with Crippen LogP contribution in [-0.4, -0.2) is 17.4 Å². The van der Waals surface area contributed by atoms with Crippen LogP contribution < -0.4 is 0 Å². The summed E-state index contributed by atoms with van der Waals surface area (Å²) in [5.74, 6) is 1.87. The van der Waals surface area contributed by atoms with Gasteiger partial charge in [0.25, 0.3) is 0 Å². The van der Waals surface area contributed by atoms with E-state index < -0.39 is 0 Å². The summed E-state index contributed by atoms with van der Waals surface area (Å²) in [6, 6.07) is 0. The Morgan fingerprint density at radius 1 is 1.15 bits per heavy atom. The molecule has 26 heavy (non-hydrogen) atoms. The van der Waals surface area contributed by atoms with Crippen molar-refractivity contribution in [2.24, 2.45) is 28.6 Å². The van der Waals surface area contributed by atoms with E-state index >= 15 is 0 Å². The molecule has 0 aliphatic heterocycles. The van der Waals surface area contributed by atoms with E-state index in [1.54, 1.807) is 0 Å². The molecule has 4 aliphatic carbocycles. The molecule has 0 saturated heterocycles. The Bertz CT molecular complexity index is 719. The van der Waals surface area contributed by atoms with Gasteiger partial charge in [0.05, 0.1) is 0 Å². The highest BCUT2D eigenvalue weighted by atomic mass is 16.6. The monoisotopic (exact) mass is 356 g/mol.